The predicted molar refractivity (Wildman–Crippen MR) is 165 cm³/mol. The molecule has 2 N–H and O–H groups in total. The molecule has 0 amide bonds. The second kappa shape index (κ2) is 14.1. The summed E-state index contributed by atoms with van der Waals surface area (Å²) in [6, 6.07) is 24.8. The summed E-state index contributed by atoms with van der Waals surface area (Å²) in [7, 11) is 0. The molecule has 196 valence electrons. The molecule has 0 spiro atoms. The fourth-order valence-corrected chi connectivity index (χ4v) is 4.82. The van der Waals surface area contributed by atoms with Gasteiger partial charge in [0.2, 0.25) is 0 Å². The van der Waals surface area contributed by atoms with E-state index in [2.05, 4.69) is 74.2 Å². The molecule has 38 heavy (non-hydrogen) atoms. The lowest BCUT2D eigenvalue weighted by atomic mass is 9.86. The minimum atomic E-state index is 0.285. The third-order valence-corrected chi connectivity index (χ3v) is 7.01. The molecule has 2 heteroatoms. The molecule has 0 saturated heterocycles. The number of benzene rings is 3. The Labute approximate surface area is 229 Å². The van der Waals surface area contributed by atoms with Crippen molar-refractivity contribution in [1.82, 2.24) is 0 Å². The molecular weight excluding hydrogens is 462 g/mol. The Hall–Kier alpha value is -3.91. The zero-order chi connectivity index (χ0) is 27.5. The standard InChI is InChI=1S/C34H35NO.C2H6/c1-24-9-4-5-12-32(24)25(2)15-16-27-10-8-11-28(19-27)17-18-29-20-30(26(3)23-35)22-31(21-29)33-13-6-7-14-34(33)36;1-2/h4-14,19,21-23,35-36H,2,15-18,20H2,1,3H3;1-2H3/b30-26+,35-23?;. The normalized spacial score (nSPS) is 14.0. The topological polar surface area (TPSA) is 44.1 Å². The van der Waals surface area contributed by atoms with Crippen molar-refractivity contribution in [1.29, 1.82) is 5.41 Å². The molecule has 0 fully saturated rings. The van der Waals surface area contributed by atoms with Crippen LogP contribution < -0.4 is 0 Å². The Kier molecular flexibility index (Phi) is 10.7. The first kappa shape index (κ1) is 28.7. The highest BCUT2D eigenvalue weighted by Crippen LogP contribution is 2.35. The van der Waals surface area contributed by atoms with E-state index in [1.165, 1.54) is 39.6 Å². The molecule has 0 aliphatic heterocycles. The van der Waals surface area contributed by atoms with E-state index >= 15 is 0 Å². The van der Waals surface area contributed by atoms with Crippen molar-refractivity contribution in [3.05, 3.63) is 136 Å². The van der Waals surface area contributed by atoms with E-state index in [4.69, 9.17) is 5.41 Å². The molecule has 0 heterocycles. The number of hydrogen-bond acceptors (Lipinski definition) is 2. The molecule has 0 radical (unpaired) electrons. The molecule has 0 unspecified atom stereocenters. The average Bonchev–Trinajstić information content (AvgIpc) is 2.96. The van der Waals surface area contributed by atoms with Gasteiger partial charge in [-0.15, -0.1) is 0 Å². The van der Waals surface area contributed by atoms with Gasteiger partial charge in [-0.05, 0) is 96.6 Å². The van der Waals surface area contributed by atoms with E-state index < -0.39 is 0 Å². The molecule has 0 atom stereocenters. The van der Waals surface area contributed by atoms with Crippen LogP contribution >= 0.6 is 0 Å². The summed E-state index contributed by atoms with van der Waals surface area (Å²) in [6.45, 7) is 12.5. The van der Waals surface area contributed by atoms with Crippen molar-refractivity contribution in [2.45, 2.75) is 59.8 Å². The van der Waals surface area contributed by atoms with Gasteiger partial charge in [0.15, 0.2) is 0 Å². The summed E-state index contributed by atoms with van der Waals surface area (Å²) in [6.07, 6.45) is 10.4. The maximum absolute atomic E-state index is 10.4. The summed E-state index contributed by atoms with van der Waals surface area (Å²) >= 11 is 0. The summed E-state index contributed by atoms with van der Waals surface area (Å²) in [5, 5.41) is 18.1. The van der Waals surface area contributed by atoms with Gasteiger partial charge in [-0.2, -0.15) is 0 Å². The van der Waals surface area contributed by atoms with Crippen LogP contribution in [0.25, 0.3) is 11.1 Å². The van der Waals surface area contributed by atoms with Gasteiger partial charge in [0.05, 0.1) is 0 Å². The average molecular weight is 504 g/mol. The van der Waals surface area contributed by atoms with E-state index in [1.807, 2.05) is 39.0 Å². The van der Waals surface area contributed by atoms with Crippen molar-refractivity contribution >= 4 is 17.4 Å². The number of rotatable bonds is 9. The lowest BCUT2D eigenvalue weighted by Crippen LogP contribution is -2.01. The van der Waals surface area contributed by atoms with Gasteiger partial charge in [0.1, 0.15) is 5.75 Å². The van der Waals surface area contributed by atoms with Gasteiger partial charge >= 0.3 is 0 Å². The molecule has 3 aromatic rings. The predicted octanol–water partition coefficient (Wildman–Crippen LogP) is 9.69. The van der Waals surface area contributed by atoms with Gasteiger partial charge in [0.25, 0.3) is 0 Å². The smallest absolute Gasteiger partial charge is 0.123 e. The Morgan fingerprint density at radius 1 is 0.895 bits per heavy atom. The third-order valence-electron chi connectivity index (χ3n) is 7.01. The van der Waals surface area contributed by atoms with Gasteiger partial charge in [-0.3, -0.25) is 0 Å². The fourth-order valence-electron chi connectivity index (χ4n) is 4.82. The zero-order valence-electron chi connectivity index (χ0n) is 23.4. The molecule has 4 rings (SSSR count). The first-order valence-electron chi connectivity index (χ1n) is 13.7. The number of aryl methyl sites for hydroxylation is 3. The highest BCUT2D eigenvalue weighted by Gasteiger charge is 2.15. The van der Waals surface area contributed by atoms with Crippen molar-refractivity contribution in [2.75, 3.05) is 0 Å². The molecule has 0 aromatic heterocycles. The Morgan fingerprint density at radius 3 is 2.29 bits per heavy atom. The van der Waals surface area contributed by atoms with Crippen LogP contribution in [0.15, 0.2) is 108 Å². The number of phenols is 1. The first-order chi connectivity index (χ1) is 18.4. The van der Waals surface area contributed by atoms with Crippen molar-refractivity contribution < 1.29 is 5.11 Å². The maximum Gasteiger partial charge on any atom is 0.123 e. The third kappa shape index (κ3) is 7.55. The van der Waals surface area contributed by atoms with Crippen LogP contribution in [-0.4, -0.2) is 11.3 Å². The van der Waals surface area contributed by atoms with Gasteiger partial charge < -0.3 is 10.5 Å². The lowest BCUT2D eigenvalue weighted by Gasteiger charge is -2.19. The van der Waals surface area contributed by atoms with E-state index in [0.717, 1.165) is 54.4 Å². The van der Waals surface area contributed by atoms with Crippen molar-refractivity contribution in [2.24, 2.45) is 0 Å². The van der Waals surface area contributed by atoms with Crippen LogP contribution in [0.3, 0.4) is 0 Å². The van der Waals surface area contributed by atoms with Crippen molar-refractivity contribution in [3.63, 3.8) is 0 Å². The van der Waals surface area contributed by atoms with Crippen LogP contribution in [0.4, 0.5) is 0 Å². The monoisotopic (exact) mass is 503 g/mol. The molecule has 3 aromatic carbocycles. The molecule has 1 aliphatic carbocycles. The quantitative estimate of drug-likeness (QED) is 0.280. The minimum Gasteiger partial charge on any atom is -0.507 e. The second-order valence-corrected chi connectivity index (χ2v) is 9.69. The summed E-state index contributed by atoms with van der Waals surface area (Å²) in [5.74, 6) is 0.285. The Morgan fingerprint density at radius 2 is 1.58 bits per heavy atom. The van der Waals surface area contributed by atoms with Crippen LogP contribution in [0, 0.1) is 12.3 Å². The number of para-hydroxylation sites is 1. The van der Waals surface area contributed by atoms with Crippen LogP contribution in [0.5, 0.6) is 5.75 Å². The Bertz CT molecular complexity index is 1370. The molecular formula is C36H41NO. The SMILES string of the molecule is C=C(CCc1cccc(CCC2=CC(c3ccccc3O)=C/C(=C(\C)C=N)C2)c1)c1ccccc1C.CC. The van der Waals surface area contributed by atoms with Crippen LogP contribution in [0.2, 0.25) is 0 Å². The van der Waals surface area contributed by atoms with Gasteiger partial charge in [-0.1, -0.05) is 105 Å². The maximum atomic E-state index is 10.4. The zero-order valence-corrected chi connectivity index (χ0v) is 23.4. The highest BCUT2D eigenvalue weighted by atomic mass is 16.3. The number of hydrogen-bond donors (Lipinski definition) is 2. The highest BCUT2D eigenvalue weighted by molar-refractivity contribution is 5.85. The van der Waals surface area contributed by atoms with Crippen LogP contribution in [0.1, 0.15) is 67.9 Å². The first-order valence-corrected chi connectivity index (χ1v) is 13.7. The van der Waals surface area contributed by atoms with E-state index in [1.54, 1.807) is 6.07 Å². The number of allylic oxidation sites excluding steroid dienone is 7. The summed E-state index contributed by atoms with van der Waals surface area (Å²) in [4.78, 5) is 0. The van der Waals surface area contributed by atoms with E-state index in [-0.39, 0.29) is 5.75 Å². The van der Waals surface area contributed by atoms with Crippen molar-refractivity contribution in [3.8, 4) is 5.75 Å². The molecule has 1 aliphatic rings. The number of aromatic hydroxyl groups is 1. The molecule has 2 nitrogen and oxygen atoms in total. The number of nitrogens with one attached hydrogen (secondary N) is 1. The lowest BCUT2D eigenvalue weighted by molar-refractivity contribution is 0.473. The van der Waals surface area contributed by atoms with E-state index in [9.17, 15) is 5.11 Å². The second-order valence-electron chi connectivity index (χ2n) is 9.69. The molecule has 0 bridgehead atoms. The summed E-state index contributed by atoms with van der Waals surface area (Å²) in [5.41, 5.74) is 11.7. The van der Waals surface area contributed by atoms with E-state index in [0.29, 0.717) is 0 Å². The fraction of sp³-hybridized carbons (Fsp3) is 0.250. The van der Waals surface area contributed by atoms with Gasteiger partial charge in [-0.25, -0.2) is 0 Å². The van der Waals surface area contributed by atoms with Gasteiger partial charge in [0, 0.05) is 11.8 Å². The molecule has 0 saturated carbocycles. The minimum absolute atomic E-state index is 0.285. The number of phenolic OH excluding ortho intramolecular Hbond substituents is 1. The largest absolute Gasteiger partial charge is 0.507 e. The Balaban J connectivity index is 0.00000195. The summed E-state index contributed by atoms with van der Waals surface area (Å²) < 4.78 is 0. The van der Waals surface area contributed by atoms with Crippen LogP contribution in [-0.2, 0) is 12.8 Å².